The average Bonchev–Trinajstić information content (AvgIpc) is 3.12. The number of fused-ring (bicyclic) bond motifs is 2. The monoisotopic (exact) mass is 379 g/mol. The fourth-order valence-electron chi connectivity index (χ4n) is 2.90. The third kappa shape index (κ3) is 3.31. The second kappa shape index (κ2) is 7.24. The van der Waals surface area contributed by atoms with E-state index in [1.54, 1.807) is 29.2 Å². The maximum atomic E-state index is 12.7. The summed E-state index contributed by atoms with van der Waals surface area (Å²) in [5.41, 5.74) is 1.19. The van der Waals surface area contributed by atoms with Crippen molar-refractivity contribution in [2.45, 2.75) is 19.9 Å². The molecule has 0 fully saturated rings. The molecule has 1 amide bonds. The molecule has 0 aliphatic carbocycles. The van der Waals surface area contributed by atoms with Crippen LogP contribution >= 0.6 is 11.3 Å². The van der Waals surface area contributed by atoms with Crippen LogP contribution in [0.4, 0.5) is 5.13 Å². The van der Waals surface area contributed by atoms with Crippen LogP contribution in [0.5, 0.6) is 0 Å². The van der Waals surface area contributed by atoms with Crippen molar-refractivity contribution in [2.24, 2.45) is 0 Å². The van der Waals surface area contributed by atoms with E-state index in [2.05, 4.69) is 15.3 Å². The van der Waals surface area contributed by atoms with Crippen LogP contribution in [0.3, 0.4) is 0 Å². The lowest BCUT2D eigenvalue weighted by Gasteiger charge is -2.17. The fourth-order valence-corrected chi connectivity index (χ4v) is 3.95. The van der Waals surface area contributed by atoms with Crippen molar-refractivity contribution in [2.75, 3.05) is 11.4 Å². The van der Waals surface area contributed by atoms with Gasteiger partial charge in [0.1, 0.15) is 5.52 Å². The van der Waals surface area contributed by atoms with Crippen LogP contribution < -0.4 is 10.5 Å². The van der Waals surface area contributed by atoms with Crippen LogP contribution in [0.2, 0.25) is 0 Å². The van der Waals surface area contributed by atoms with Crippen LogP contribution in [0, 0.1) is 0 Å². The predicted octanol–water partition coefficient (Wildman–Crippen LogP) is 2.84. The molecule has 2 aromatic carbocycles. The largest absolute Gasteiger partial charge is 0.288 e. The van der Waals surface area contributed by atoms with Crippen molar-refractivity contribution < 1.29 is 4.79 Å². The fraction of sp³-hybridized carbons (Fsp3) is 0.211. The Morgan fingerprint density at radius 2 is 1.85 bits per heavy atom. The Balaban J connectivity index is 1.54. The first kappa shape index (κ1) is 17.3. The number of aromatic nitrogens is 4. The van der Waals surface area contributed by atoms with E-state index in [-0.39, 0.29) is 24.4 Å². The summed E-state index contributed by atoms with van der Waals surface area (Å²) in [6, 6.07) is 14.8. The zero-order valence-corrected chi connectivity index (χ0v) is 15.5. The zero-order chi connectivity index (χ0) is 18.8. The van der Waals surface area contributed by atoms with E-state index in [9.17, 15) is 9.59 Å². The molecule has 0 saturated carbocycles. The predicted molar refractivity (Wildman–Crippen MR) is 106 cm³/mol. The quantitative estimate of drug-likeness (QED) is 0.533. The first-order valence-electron chi connectivity index (χ1n) is 8.66. The third-order valence-corrected chi connectivity index (χ3v) is 5.36. The minimum absolute atomic E-state index is 0.0987. The molecule has 4 rings (SSSR count). The van der Waals surface area contributed by atoms with E-state index in [0.29, 0.717) is 22.6 Å². The molecule has 4 aromatic rings. The highest BCUT2D eigenvalue weighted by Gasteiger charge is 2.18. The molecule has 0 atom stereocenters. The van der Waals surface area contributed by atoms with E-state index >= 15 is 0 Å². The second-order valence-electron chi connectivity index (χ2n) is 5.99. The van der Waals surface area contributed by atoms with E-state index in [4.69, 9.17) is 0 Å². The summed E-state index contributed by atoms with van der Waals surface area (Å²) in [4.78, 5) is 31.4. The van der Waals surface area contributed by atoms with Gasteiger partial charge in [0.25, 0.3) is 5.56 Å². The van der Waals surface area contributed by atoms with Crippen LogP contribution in [-0.2, 0) is 11.3 Å². The summed E-state index contributed by atoms with van der Waals surface area (Å²) in [6.07, 6.45) is 0.149. The normalized spacial score (nSPS) is 11.1. The summed E-state index contributed by atoms with van der Waals surface area (Å²) in [7, 11) is 0. The number of anilines is 1. The molecule has 2 heterocycles. The van der Waals surface area contributed by atoms with E-state index in [1.807, 2.05) is 31.2 Å². The van der Waals surface area contributed by atoms with E-state index in [0.717, 1.165) is 10.2 Å². The van der Waals surface area contributed by atoms with Gasteiger partial charge in [-0.15, -0.1) is 5.10 Å². The number of aryl methyl sites for hydroxylation is 1. The molecular weight excluding hydrogens is 362 g/mol. The Kier molecular flexibility index (Phi) is 4.64. The number of rotatable bonds is 5. The van der Waals surface area contributed by atoms with Gasteiger partial charge in [-0.1, -0.05) is 40.8 Å². The molecule has 0 saturated heterocycles. The van der Waals surface area contributed by atoms with Crippen molar-refractivity contribution >= 4 is 43.5 Å². The SMILES string of the molecule is CCN(C(=O)CCn1nnc2ccccc2c1=O)c1nc2ccccc2s1. The lowest BCUT2D eigenvalue weighted by Crippen LogP contribution is -2.33. The van der Waals surface area contributed by atoms with Gasteiger partial charge in [-0.2, -0.15) is 0 Å². The Hall–Kier alpha value is -3.13. The first-order chi connectivity index (χ1) is 13.2. The number of para-hydroxylation sites is 1. The zero-order valence-electron chi connectivity index (χ0n) is 14.7. The summed E-state index contributed by atoms with van der Waals surface area (Å²) >= 11 is 1.48. The van der Waals surface area contributed by atoms with Gasteiger partial charge in [0.2, 0.25) is 5.91 Å². The highest BCUT2D eigenvalue weighted by molar-refractivity contribution is 7.22. The number of hydrogen-bond donors (Lipinski definition) is 0. The molecular formula is C19H17N5O2S. The van der Waals surface area contributed by atoms with Crippen molar-refractivity contribution in [3.05, 3.63) is 58.9 Å². The van der Waals surface area contributed by atoms with Gasteiger partial charge < -0.3 is 0 Å². The van der Waals surface area contributed by atoms with Crippen molar-refractivity contribution in [1.82, 2.24) is 20.0 Å². The summed E-state index contributed by atoms with van der Waals surface area (Å²) in [6.45, 7) is 2.60. The van der Waals surface area contributed by atoms with Crippen molar-refractivity contribution in [3.63, 3.8) is 0 Å². The average molecular weight is 379 g/mol. The molecule has 2 aromatic heterocycles. The van der Waals surface area contributed by atoms with Gasteiger partial charge in [0.15, 0.2) is 5.13 Å². The van der Waals surface area contributed by atoms with E-state index < -0.39 is 0 Å². The molecule has 0 radical (unpaired) electrons. The maximum absolute atomic E-state index is 12.7. The molecule has 0 spiro atoms. The number of benzene rings is 2. The molecule has 8 heteroatoms. The molecule has 7 nitrogen and oxygen atoms in total. The standard InChI is InChI=1S/C19H17N5O2S/c1-2-23(19-20-15-9-5-6-10-16(15)27-19)17(25)11-12-24-18(26)13-7-3-4-8-14(13)21-22-24/h3-10H,2,11-12H2,1H3. The number of carbonyl (C=O) groups excluding carboxylic acids is 1. The van der Waals surface area contributed by atoms with Crippen LogP contribution in [0.1, 0.15) is 13.3 Å². The molecule has 136 valence electrons. The van der Waals surface area contributed by atoms with Crippen LogP contribution in [0.15, 0.2) is 53.3 Å². The smallest absolute Gasteiger partial charge is 0.277 e. The number of carbonyl (C=O) groups is 1. The molecule has 0 aliphatic rings. The number of hydrogen-bond acceptors (Lipinski definition) is 6. The van der Waals surface area contributed by atoms with Crippen LogP contribution in [0.25, 0.3) is 21.1 Å². The Morgan fingerprint density at radius 1 is 1.11 bits per heavy atom. The Labute approximate surface area is 158 Å². The molecule has 0 bridgehead atoms. The van der Waals surface area contributed by atoms with Gasteiger partial charge >= 0.3 is 0 Å². The summed E-state index contributed by atoms with van der Waals surface area (Å²) in [5, 5.41) is 9.16. The van der Waals surface area contributed by atoms with Gasteiger partial charge in [-0.3, -0.25) is 14.5 Å². The summed E-state index contributed by atoms with van der Waals surface area (Å²) < 4.78 is 2.28. The molecule has 0 aliphatic heterocycles. The van der Waals surface area contributed by atoms with E-state index in [1.165, 1.54) is 16.0 Å². The van der Waals surface area contributed by atoms with Gasteiger partial charge in [-0.25, -0.2) is 9.67 Å². The maximum Gasteiger partial charge on any atom is 0.277 e. The van der Waals surface area contributed by atoms with Crippen molar-refractivity contribution in [1.29, 1.82) is 0 Å². The topological polar surface area (TPSA) is 81.0 Å². The first-order valence-corrected chi connectivity index (χ1v) is 9.47. The van der Waals surface area contributed by atoms with Crippen molar-refractivity contribution in [3.8, 4) is 0 Å². The highest BCUT2D eigenvalue weighted by Crippen LogP contribution is 2.28. The second-order valence-corrected chi connectivity index (χ2v) is 7.00. The van der Waals surface area contributed by atoms with Gasteiger partial charge in [-0.05, 0) is 31.2 Å². The van der Waals surface area contributed by atoms with Gasteiger partial charge in [0, 0.05) is 13.0 Å². The minimum atomic E-state index is -0.239. The Morgan fingerprint density at radius 3 is 2.63 bits per heavy atom. The lowest BCUT2D eigenvalue weighted by atomic mass is 10.2. The number of amides is 1. The highest BCUT2D eigenvalue weighted by atomic mass is 32.1. The lowest BCUT2D eigenvalue weighted by molar-refractivity contribution is -0.118. The van der Waals surface area contributed by atoms with Crippen LogP contribution in [-0.4, -0.2) is 32.4 Å². The number of nitrogens with zero attached hydrogens (tertiary/aromatic N) is 5. The molecule has 0 unspecified atom stereocenters. The van der Waals surface area contributed by atoms with Gasteiger partial charge in [0.05, 0.1) is 22.1 Å². The molecule has 27 heavy (non-hydrogen) atoms. The Bertz CT molecular complexity index is 1150. The minimum Gasteiger partial charge on any atom is -0.288 e. The molecule has 0 N–H and O–H groups in total. The number of thiazole rings is 1. The summed E-state index contributed by atoms with van der Waals surface area (Å²) in [5.74, 6) is -0.0987. The third-order valence-electron chi connectivity index (χ3n) is 4.30.